The van der Waals surface area contributed by atoms with Gasteiger partial charge in [-0.15, -0.1) is 11.8 Å². The second kappa shape index (κ2) is 11.9. The third-order valence-corrected chi connectivity index (χ3v) is 6.14. The van der Waals surface area contributed by atoms with Gasteiger partial charge in [0.25, 0.3) is 5.91 Å². The molecule has 0 bridgehead atoms. The highest BCUT2D eigenvalue weighted by atomic mass is 32.2. The molecule has 1 aromatic heterocycles. The van der Waals surface area contributed by atoms with Gasteiger partial charge in [-0.3, -0.25) is 14.3 Å². The van der Waals surface area contributed by atoms with E-state index in [1.807, 2.05) is 73.8 Å². The number of rotatable bonds is 10. The third kappa shape index (κ3) is 7.22. The number of amides is 2. The van der Waals surface area contributed by atoms with E-state index in [9.17, 15) is 9.59 Å². The first-order valence-electron chi connectivity index (χ1n) is 11.2. The van der Waals surface area contributed by atoms with Crippen molar-refractivity contribution in [1.82, 2.24) is 9.78 Å². The molecule has 2 N–H and O–H groups in total. The second-order valence-corrected chi connectivity index (χ2v) is 8.82. The maximum atomic E-state index is 13.0. The van der Waals surface area contributed by atoms with Crippen LogP contribution < -0.4 is 15.4 Å². The van der Waals surface area contributed by atoms with Gasteiger partial charge in [0.1, 0.15) is 12.4 Å². The maximum Gasteiger partial charge on any atom is 0.256 e. The zero-order valence-electron chi connectivity index (χ0n) is 19.3. The van der Waals surface area contributed by atoms with Crippen LogP contribution in [0.5, 0.6) is 5.75 Å². The summed E-state index contributed by atoms with van der Waals surface area (Å²) in [6, 6.07) is 24.0. The van der Waals surface area contributed by atoms with Crippen LogP contribution in [0.25, 0.3) is 0 Å². The zero-order valence-corrected chi connectivity index (χ0v) is 20.1. The highest BCUT2D eigenvalue weighted by Crippen LogP contribution is 2.25. The zero-order chi connectivity index (χ0) is 24.5. The number of hydrogen-bond acceptors (Lipinski definition) is 5. The van der Waals surface area contributed by atoms with Crippen LogP contribution >= 0.6 is 11.8 Å². The standard InChI is InChI=1S/C27H26N4O3S/c1-20-10-12-21(13-11-20)29-26(32)19-35-25-9-3-2-8-24(25)27(33)30-22-6-4-7-23(18-22)34-17-16-31-15-5-14-28-31/h2-15,18H,16-17,19H2,1H3,(H,29,32)(H,30,33). The van der Waals surface area contributed by atoms with Crippen molar-refractivity contribution in [1.29, 1.82) is 0 Å². The summed E-state index contributed by atoms with van der Waals surface area (Å²) in [5, 5.41) is 9.95. The molecule has 4 rings (SSSR count). The van der Waals surface area contributed by atoms with Crippen LogP contribution in [0.4, 0.5) is 11.4 Å². The van der Waals surface area contributed by atoms with Crippen LogP contribution in [-0.2, 0) is 11.3 Å². The molecule has 0 unspecified atom stereocenters. The lowest BCUT2D eigenvalue weighted by atomic mass is 10.2. The molecule has 0 aliphatic heterocycles. The molecule has 178 valence electrons. The van der Waals surface area contributed by atoms with Crippen LogP contribution in [0.15, 0.2) is 96.2 Å². The van der Waals surface area contributed by atoms with E-state index in [4.69, 9.17) is 4.74 Å². The van der Waals surface area contributed by atoms with E-state index >= 15 is 0 Å². The molecule has 0 saturated carbocycles. The van der Waals surface area contributed by atoms with Gasteiger partial charge in [0, 0.05) is 34.7 Å². The molecule has 0 aliphatic carbocycles. The molecule has 35 heavy (non-hydrogen) atoms. The summed E-state index contributed by atoms with van der Waals surface area (Å²) in [5.41, 5.74) is 3.01. The minimum absolute atomic E-state index is 0.131. The smallest absolute Gasteiger partial charge is 0.256 e. The van der Waals surface area contributed by atoms with Gasteiger partial charge >= 0.3 is 0 Å². The van der Waals surface area contributed by atoms with E-state index in [1.165, 1.54) is 11.8 Å². The topological polar surface area (TPSA) is 85.3 Å². The minimum Gasteiger partial charge on any atom is -0.492 e. The Kier molecular flexibility index (Phi) is 8.19. The Balaban J connectivity index is 1.33. The highest BCUT2D eigenvalue weighted by molar-refractivity contribution is 8.00. The Bertz CT molecular complexity index is 1270. The van der Waals surface area contributed by atoms with Crippen LogP contribution in [0, 0.1) is 6.92 Å². The summed E-state index contributed by atoms with van der Waals surface area (Å²) in [4.78, 5) is 26.1. The van der Waals surface area contributed by atoms with Crippen molar-refractivity contribution >= 4 is 35.0 Å². The Morgan fingerprint density at radius 3 is 2.57 bits per heavy atom. The lowest BCUT2D eigenvalue weighted by Gasteiger charge is -2.12. The van der Waals surface area contributed by atoms with Gasteiger partial charge in [0.2, 0.25) is 5.91 Å². The number of carbonyl (C=O) groups excluding carboxylic acids is 2. The number of anilines is 2. The number of hydrogen-bond donors (Lipinski definition) is 2. The molecule has 3 aromatic carbocycles. The minimum atomic E-state index is -0.249. The van der Waals surface area contributed by atoms with E-state index in [0.29, 0.717) is 30.2 Å². The van der Waals surface area contributed by atoms with Crippen molar-refractivity contribution in [3.05, 3.63) is 102 Å². The number of aromatic nitrogens is 2. The monoisotopic (exact) mass is 486 g/mol. The molecule has 7 nitrogen and oxygen atoms in total. The Labute approximate surface area is 208 Å². The van der Waals surface area contributed by atoms with Crippen molar-refractivity contribution in [3.63, 3.8) is 0 Å². The van der Waals surface area contributed by atoms with Crippen molar-refractivity contribution in [2.24, 2.45) is 0 Å². The van der Waals surface area contributed by atoms with E-state index in [0.717, 1.165) is 16.1 Å². The summed E-state index contributed by atoms with van der Waals surface area (Å²) in [6.45, 7) is 3.09. The summed E-state index contributed by atoms with van der Waals surface area (Å²) in [5.74, 6) is 0.470. The summed E-state index contributed by atoms with van der Waals surface area (Å²) >= 11 is 1.32. The molecule has 0 radical (unpaired) electrons. The van der Waals surface area contributed by atoms with Crippen molar-refractivity contribution in [3.8, 4) is 5.75 Å². The van der Waals surface area contributed by atoms with Gasteiger partial charge in [-0.25, -0.2) is 0 Å². The lowest BCUT2D eigenvalue weighted by molar-refractivity contribution is -0.113. The fourth-order valence-electron chi connectivity index (χ4n) is 3.31. The largest absolute Gasteiger partial charge is 0.492 e. The average molecular weight is 487 g/mol. The molecular weight excluding hydrogens is 460 g/mol. The van der Waals surface area contributed by atoms with E-state index in [-0.39, 0.29) is 17.6 Å². The van der Waals surface area contributed by atoms with Gasteiger partial charge in [-0.2, -0.15) is 5.10 Å². The average Bonchev–Trinajstić information content (AvgIpc) is 3.38. The molecule has 2 amide bonds. The first kappa shape index (κ1) is 24.1. The van der Waals surface area contributed by atoms with Gasteiger partial charge in [0.05, 0.1) is 17.9 Å². The normalized spacial score (nSPS) is 10.5. The quantitative estimate of drug-likeness (QED) is 0.299. The van der Waals surface area contributed by atoms with Gasteiger partial charge in [-0.1, -0.05) is 35.9 Å². The fourth-order valence-corrected chi connectivity index (χ4v) is 4.16. The number of nitrogens with zero attached hydrogens (tertiary/aromatic N) is 2. The number of aryl methyl sites for hydroxylation is 1. The van der Waals surface area contributed by atoms with Crippen molar-refractivity contribution in [2.75, 3.05) is 23.0 Å². The SMILES string of the molecule is Cc1ccc(NC(=O)CSc2ccccc2C(=O)Nc2cccc(OCCn3cccn3)c2)cc1. The molecule has 0 saturated heterocycles. The lowest BCUT2D eigenvalue weighted by Crippen LogP contribution is -2.16. The number of carbonyl (C=O) groups is 2. The van der Waals surface area contributed by atoms with Gasteiger partial charge in [-0.05, 0) is 49.4 Å². The van der Waals surface area contributed by atoms with E-state index in [1.54, 1.807) is 29.1 Å². The van der Waals surface area contributed by atoms with Gasteiger partial charge < -0.3 is 15.4 Å². The first-order chi connectivity index (χ1) is 17.1. The van der Waals surface area contributed by atoms with Gasteiger partial charge in [0.15, 0.2) is 0 Å². The summed E-state index contributed by atoms with van der Waals surface area (Å²) in [7, 11) is 0. The molecule has 8 heteroatoms. The number of ether oxygens (including phenoxy) is 1. The summed E-state index contributed by atoms with van der Waals surface area (Å²) in [6.07, 6.45) is 3.60. The Morgan fingerprint density at radius 2 is 1.77 bits per heavy atom. The maximum absolute atomic E-state index is 13.0. The first-order valence-corrected chi connectivity index (χ1v) is 12.2. The predicted molar refractivity (Wildman–Crippen MR) is 139 cm³/mol. The molecule has 0 spiro atoms. The molecule has 0 aliphatic rings. The van der Waals surface area contributed by atoms with Crippen LogP contribution in [-0.4, -0.2) is 34.0 Å². The van der Waals surface area contributed by atoms with Crippen LogP contribution in [0.1, 0.15) is 15.9 Å². The predicted octanol–water partition coefficient (Wildman–Crippen LogP) is 5.25. The molecule has 1 heterocycles. The Morgan fingerprint density at radius 1 is 0.943 bits per heavy atom. The third-order valence-electron chi connectivity index (χ3n) is 5.07. The van der Waals surface area contributed by atoms with Crippen molar-refractivity contribution in [2.45, 2.75) is 18.4 Å². The Hall–Kier alpha value is -4.04. The van der Waals surface area contributed by atoms with E-state index in [2.05, 4.69) is 15.7 Å². The van der Waals surface area contributed by atoms with Crippen LogP contribution in [0.2, 0.25) is 0 Å². The number of thioether (sulfide) groups is 1. The number of benzene rings is 3. The summed E-state index contributed by atoms with van der Waals surface area (Å²) < 4.78 is 7.58. The highest BCUT2D eigenvalue weighted by Gasteiger charge is 2.14. The number of nitrogens with one attached hydrogen (secondary N) is 2. The molecular formula is C27H26N4O3S. The van der Waals surface area contributed by atoms with Crippen molar-refractivity contribution < 1.29 is 14.3 Å². The molecule has 4 aromatic rings. The molecule has 0 fully saturated rings. The van der Waals surface area contributed by atoms with E-state index < -0.39 is 0 Å². The second-order valence-electron chi connectivity index (χ2n) is 7.80. The van der Waals surface area contributed by atoms with Crippen LogP contribution in [0.3, 0.4) is 0 Å². The fraction of sp³-hybridized carbons (Fsp3) is 0.148. The molecule has 0 atom stereocenters.